The first-order valence-electron chi connectivity index (χ1n) is 5.54. The number of aliphatic hydroxyl groups is 1. The molecule has 0 aliphatic rings. The van der Waals surface area contributed by atoms with Crippen LogP contribution in [0.4, 0.5) is 11.5 Å². The summed E-state index contributed by atoms with van der Waals surface area (Å²) in [5.41, 5.74) is 0.832. The minimum Gasteiger partial charge on any atom is -0.396 e. The fourth-order valence-corrected chi connectivity index (χ4v) is 1.58. The highest BCUT2D eigenvalue weighted by Crippen LogP contribution is 2.18. The van der Waals surface area contributed by atoms with E-state index in [-0.39, 0.29) is 18.5 Å². The van der Waals surface area contributed by atoms with Gasteiger partial charge in [-0.15, -0.1) is 0 Å². The maximum atomic E-state index is 10.5. The van der Waals surface area contributed by atoms with Gasteiger partial charge in [0.25, 0.3) is 0 Å². The standard InChI is InChI=1S/C11H17N3O3/c1-9(2)13(6-3-7-15)10-4-5-11(12-8-10)14(16)17/h4-5,8-9,15H,3,6-7H2,1-2H3. The fourth-order valence-electron chi connectivity index (χ4n) is 1.58. The molecule has 6 nitrogen and oxygen atoms in total. The van der Waals surface area contributed by atoms with Crippen molar-refractivity contribution in [2.24, 2.45) is 0 Å². The molecule has 0 atom stereocenters. The Labute approximate surface area is 100 Å². The molecule has 1 aromatic heterocycles. The molecule has 0 saturated heterocycles. The highest BCUT2D eigenvalue weighted by Gasteiger charge is 2.14. The van der Waals surface area contributed by atoms with Gasteiger partial charge in [0.05, 0.1) is 5.69 Å². The van der Waals surface area contributed by atoms with E-state index in [1.807, 2.05) is 18.7 Å². The molecule has 0 fully saturated rings. The van der Waals surface area contributed by atoms with Crippen LogP contribution < -0.4 is 4.90 Å². The van der Waals surface area contributed by atoms with E-state index in [9.17, 15) is 10.1 Å². The lowest BCUT2D eigenvalue weighted by Gasteiger charge is -2.27. The molecular weight excluding hydrogens is 222 g/mol. The summed E-state index contributed by atoms with van der Waals surface area (Å²) < 4.78 is 0. The summed E-state index contributed by atoms with van der Waals surface area (Å²) >= 11 is 0. The van der Waals surface area contributed by atoms with Crippen molar-refractivity contribution in [2.75, 3.05) is 18.1 Å². The number of pyridine rings is 1. The average molecular weight is 239 g/mol. The van der Waals surface area contributed by atoms with Crippen LogP contribution in [0, 0.1) is 10.1 Å². The van der Waals surface area contributed by atoms with Gasteiger partial charge in [0, 0.05) is 25.3 Å². The van der Waals surface area contributed by atoms with E-state index in [0.29, 0.717) is 13.0 Å². The largest absolute Gasteiger partial charge is 0.396 e. The monoisotopic (exact) mass is 239 g/mol. The molecule has 0 amide bonds. The number of rotatable bonds is 6. The molecule has 0 unspecified atom stereocenters. The summed E-state index contributed by atoms with van der Waals surface area (Å²) in [4.78, 5) is 15.8. The maximum Gasteiger partial charge on any atom is 0.363 e. The molecule has 0 spiro atoms. The predicted molar refractivity (Wildman–Crippen MR) is 65.1 cm³/mol. The first kappa shape index (κ1) is 13.4. The van der Waals surface area contributed by atoms with Crippen LogP contribution in [0.3, 0.4) is 0 Å². The molecule has 0 radical (unpaired) electrons. The van der Waals surface area contributed by atoms with E-state index in [0.717, 1.165) is 5.69 Å². The van der Waals surface area contributed by atoms with Crippen LogP contribution in [-0.4, -0.2) is 34.2 Å². The van der Waals surface area contributed by atoms with Crippen molar-refractivity contribution in [3.8, 4) is 0 Å². The zero-order chi connectivity index (χ0) is 12.8. The summed E-state index contributed by atoms with van der Waals surface area (Å²) in [7, 11) is 0. The highest BCUT2D eigenvalue weighted by molar-refractivity contribution is 5.47. The number of aliphatic hydroxyl groups excluding tert-OH is 1. The van der Waals surface area contributed by atoms with Crippen LogP contribution >= 0.6 is 0 Å². The van der Waals surface area contributed by atoms with Gasteiger partial charge in [0.15, 0.2) is 6.20 Å². The average Bonchev–Trinajstić information content (AvgIpc) is 2.29. The lowest BCUT2D eigenvalue weighted by molar-refractivity contribution is -0.389. The van der Waals surface area contributed by atoms with Crippen molar-refractivity contribution in [3.05, 3.63) is 28.4 Å². The quantitative estimate of drug-likeness (QED) is 0.602. The van der Waals surface area contributed by atoms with Gasteiger partial charge in [-0.2, -0.15) is 0 Å². The first-order valence-corrected chi connectivity index (χ1v) is 5.54. The number of anilines is 1. The van der Waals surface area contributed by atoms with Gasteiger partial charge in [-0.3, -0.25) is 0 Å². The molecule has 0 bridgehead atoms. The van der Waals surface area contributed by atoms with Gasteiger partial charge in [0.1, 0.15) is 0 Å². The van der Waals surface area contributed by atoms with E-state index < -0.39 is 4.92 Å². The van der Waals surface area contributed by atoms with Crippen molar-refractivity contribution in [1.82, 2.24) is 4.98 Å². The lowest BCUT2D eigenvalue weighted by Crippen LogP contribution is -2.32. The topological polar surface area (TPSA) is 79.5 Å². The van der Waals surface area contributed by atoms with Gasteiger partial charge in [-0.05, 0) is 36.2 Å². The fraction of sp³-hybridized carbons (Fsp3) is 0.545. The lowest BCUT2D eigenvalue weighted by atomic mass is 10.2. The number of nitrogens with zero attached hydrogens (tertiary/aromatic N) is 3. The Kier molecular flexibility index (Phi) is 4.84. The van der Waals surface area contributed by atoms with Crippen LogP contribution in [0.2, 0.25) is 0 Å². The smallest absolute Gasteiger partial charge is 0.363 e. The second kappa shape index (κ2) is 6.15. The van der Waals surface area contributed by atoms with Crippen molar-refractivity contribution < 1.29 is 10.0 Å². The Hall–Kier alpha value is -1.69. The van der Waals surface area contributed by atoms with Crippen molar-refractivity contribution >= 4 is 11.5 Å². The molecule has 0 aliphatic carbocycles. The molecule has 1 N–H and O–H groups in total. The van der Waals surface area contributed by atoms with Crippen LogP contribution in [0.25, 0.3) is 0 Å². The normalized spacial score (nSPS) is 10.6. The highest BCUT2D eigenvalue weighted by atomic mass is 16.6. The summed E-state index contributed by atoms with van der Waals surface area (Å²) in [6.07, 6.45) is 2.16. The minimum absolute atomic E-state index is 0.129. The second-order valence-corrected chi connectivity index (χ2v) is 4.00. The van der Waals surface area contributed by atoms with Gasteiger partial charge in [-0.1, -0.05) is 0 Å². The number of aromatic nitrogens is 1. The molecule has 6 heteroatoms. The molecular formula is C11H17N3O3. The van der Waals surface area contributed by atoms with Crippen LogP contribution in [0.5, 0.6) is 0 Å². The summed E-state index contributed by atoms with van der Waals surface area (Å²) in [5, 5.41) is 19.3. The maximum absolute atomic E-state index is 10.5. The van der Waals surface area contributed by atoms with Crippen LogP contribution in [0.1, 0.15) is 20.3 Å². The van der Waals surface area contributed by atoms with Crippen LogP contribution in [0.15, 0.2) is 18.3 Å². The van der Waals surface area contributed by atoms with Gasteiger partial charge in [0.2, 0.25) is 0 Å². The molecule has 0 aliphatic heterocycles. The summed E-state index contributed by atoms with van der Waals surface area (Å²) in [6, 6.07) is 3.33. The Morgan fingerprint density at radius 2 is 2.24 bits per heavy atom. The van der Waals surface area contributed by atoms with Gasteiger partial charge < -0.3 is 20.1 Å². The molecule has 1 aromatic rings. The zero-order valence-electron chi connectivity index (χ0n) is 10.0. The molecule has 94 valence electrons. The van der Waals surface area contributed by atoms with E-state index in [4.69, 9.17) is 5.11 Å². The van der Waals surface area contributed by atoms with E-state index >= 15 is 0 Å². The number of hydrogen-bond donors (Lipinski definition) is 1. The third-order valence-electron chi connectivity index (χ3n) is 2.43. The van der Waals surface area contributed by atoms with Crippen molar-refractivity contribution in [2.45, 2.75) is 26.3 Å². The minimum atomic E-state index is -0.517. The summed E-state index contributed by atoms with van der Waals surface area (Å²) in [6.45, 7) is 4.88. The number of hydrogen-bond acceptors (Lipinski definition) is 5. The molecule has 0 saturated carbocycles. The van der Waals surface area contributed by atoms with Crippen molar-refractivity contribution in [3.63, 3.8) is 0 Å². The Morgan fingerprint density at radius 3 is 2.65 bits per heavy atom. The third kappa shape index (κ3) is 3.67. The Bertz CT molecular complexity index is 365. The van der Waals surface area contributed by atoms with E-state index in [2.05, 4.69) is 4.98 Å². The second-order valence-electron chi connectivity index (χ2n) is 4.00. The van der Waals surface area contributed by atoms with E-state index in [1.165, 1.54) is 12.3 Å². The van der Waals surface area contributed by atoms with Gasteiger partial charge in [-0.25, -0.2) is 0 Å². The third-order valence-corrected chi connectivity index (χ3v) is 2.43. The SMILES string of the molecule is CC(C)N(CCCO)c1ccc([N+](=O)[O-])nc1. The van der Waals surface area contributed by atoms with Crippen LogP contribution in [-0.2, 0) is 0 Å². The Morgan fingerprint density at radius 1 is 1.53 bits per heavy atom. The molecule has 1 heterocycles. The van der Waals surface area contributed by atoms with Crippen molar-refractivity contribution in [1.29, 1.82) is 0 Å². The molecule has 0 aromatic carbocycles. The van der Waals surface area contributed by atoms with E-state index in [1.54, 1.807) is 6.07 Å². The number of nitro groups is 1. The molecule has 17 heavy (non-hydrogen) atoms. The predicted octanol–water partition coefficient (Wildman–Crippen LogP) is 1.59. The first-order chi connectivity index (χ1) is 8.06. The molecule has 1 rings (SSSR count). The zero-order valence-corrected chi connectivity index (χ0v) is 10.0. The van der Waals surface area contributed by atoms with Gasteiger partial charge >= 0.3 is 5.82 Å². The Balaban J connectivity index is 2.83. The summed E-state index contributed by atoms with van der Waals surface area (Å²) in [5.74, 6) is -0.153.